The van der Waals surface area contributed by atoms with E-state index in [0.29, 0.717) is 11.6 Å². The molecule has 1 amide bonds. The van der Waals surface area contributed by atoms with Crippen molar-refractivity contribution >= 4 is 28.3 Å². The van der Waals surface area contributed by atoms with Crippen molar-refractivity contribution in [2.24, 2.45) is 0 Å². The Kier molecular flexibility index (Phi) is 7.42. The number of aryl methyl sites for hydroxylation is 1. The number of hydrogen-bond donors (Lipinski definition) is 2. The van der Waals surface area contributed by atoms with Gasteiger partial charge in [-0.25, -0.2) is 9.97 Å². The molecule has 0 fully saturated rings. The van der Waals surface area contributed by atoms with Gasteiger partial charge in [0.2, 0.25) is 5.91 Å². The number of ether oxygens (including phenoxy) is 2. The van der Waals surface area contributed by atoms with Crippen LogP contribution in [-0.2, 0) is 9.53 Å². The summed E-state index contributed by atoms with van der Waals surface area (Å²) in [6.07, 6.45) is 4.91. The number of fused-ring (bicyclic) bond motifs is 1. The summed E-state index contributed by atoms with van der Waals surface area (Å²) in [5.41, 5.74) is 2.69. The number of nitrogens with one attached hydrogen (secondary N) is 2. The lowest BCUT2D eigenvalue weighted by atomic mass is 10.0. The number of methoxy groups -OCH3 is 1. The van der Waals surface area contributed by atoms with Crippen molar-refractivity contribution in [1.82, 2.24) is 20.3 Å². The molecule has 2 aromatic carbocycles. The second kappa shape index (κ2) is 10.8. The first-order chi connectivity index (χ1) is 17.3. The molecule has 0 aliphatic heterocycles. The van der Waals surface area contributed by atoms with Gasteiger partial charge >= 0.3 is 0 Å². The van der Waals surface area contributed by atoms with E-state index in [1.165, 1.54) is 13.4 Å². The molecule has 0 aliphatic carbocycles. The Balaban J connectivity index is 1.56. The number of carbonyl (C=O) groups is 1. The minimum atomic E-state index is -0.712. The normalized spacial score (nSPS) is 10.9. The molecule has 0 saturated heterocycles. The first-order valence-electron chi connectivity index (χ1n) is 11.4. The third kappa shape index (κ3) is 6.34. The number of anilines is 2. The second-order valence-electron chi connectivity index (χ2n) is 8.71. The van der Waals surface area contributed by atoms with Crippen LogP contribution in [0.5, 0.6) is 11.5 Å². The highest BCUT2D eigenvalue weighted by Crippen LogP contribution is 2.29. The van der Waals surface area contributed by atoms with Gasteiger partial charge in [0.15, 0.2) is 0 Å². The Labute approximate surface area is 210 Å². The summed E-state index contributed by atoms with van der Waals surface area (Å²) in [5, 5.41) is 7.06. The maximum absolute atomic E-state index is 11.9. The van der Waals surface area contributed by atoms with Crippen molar-refractivity contribution in [3.05, 3.63) is 78.4 Å². The fourth-order valence-corrected chi connectivity index (χ4v) is 3.52. The Bertz CT molecular complexity index is 1440. The van der Waals surface area contributed by atoms with Crippen LogP contribution in [0.15, 0.2) is 67.3 Å². The van der Waals surface area contributed by atoms with Crippen LogP contribution in [0.3, 0.4) is 0 Å². The van der Waals surface area contributed by atoms with Gasteiger partial charge < -0.3 is 20.1 Å². The largest absolute Gasteiger partial charge is 0.455 e. The van der Waals surface area contributed by atoms with Gasteiger partial charge in [-0.3, -0.25) is 9.78 Å². The molecule has 8 nitrogen and oxygen atoms in total. The van der Waals surface area contributed by atoms with Crippen molar-refractivity contribution in [3.8, 4) is 23.3 Å². The summed E-state index contributed by atoms with van der Waals surface area (Å²) >= 11 is 0. The van der Waals surface area contributed by atoms with Gasteiger partial charge in [-0.15, -0.1) is 0 Å². The summed E-state index contributed by atoms with van der Waals surface area (Å²) in [7, 11) is 1.48. The van der Waals surface area contributed by atoms with Gasteiger partial charge in [0.05, 0.1) is 17.3 Å². The van der Waals surface area contributed by atoms with Crippen LogP contribution in [0.25, 0.3) is 10.9 Å². The zero-order valence-electron chi connectivity index (χ0n) is 20.6. The fourth-order valence-electron chi connectivity index (χ4n) is 3.52. The predicted molar refractivity (Wildman–Crippen MR) is 139 cm³/mol. The van der Waals surface area contributed by atoms with E-state index in [9.17, 15) is 4.79 Å². The van der Waals surface area contributed by atoms with E-state index < -0.39 is 5.54 Å². The minimum absolute atomic E-state index is 0.0104. The van der Waals surface area contributed by atoms with Crippen molar-refractivity contribution in [2.75, 3.05) is 19.0 Å². The standard InChI is InChI=1S/C28H27N5O3/c1-19-14-21(8-10-25(19)36-22-6-5-13-29-16-22)32-27-23-15-20(7-9-24(23)30-18-31-27)11-12-28(2,3)33-26(34)17-35-4/h5-10,13-16,18H,17H2,1-4H3,(H,33,34)(H,30,31,32). The van der Waals surface area contributed by atoms with E-state index in [4.69, 9.17) is 9.47 Å². The summed E-state index contributed by atoms with van der Waals surface area (Å²) < 4.78 is 10.8. The lowest BCUT2D eigenvalue weighted by Crippen LogP contribution is -2.43. The topological polar surface area (TPSA) is 98.3 Å². The number of hydrogen-bond acceptors (Lipinski definition) is 7. The molecule has 0 aliphatic rings. The van der Waals surface area contributed by atoms with E-state index in [0.717, 1.165) is 33.5 Å². The van der Waals surface area contributed by atoms with Gasteiger partial charge in [-0.05, 0) is 74.9 Å². The molecule has 8 heteroatoms. The maximum atomic E-state index is 11.9. The third-order valence-electron chi connectivity index (χ3n) is 5.18. The number of pyridine rings is 1. The van der Waals surface area contributed by atoms with Crippen LogP contribution >= 0.6 is 0 Å². The molecule has 0 spiro atoms. The van der Waals surface area contributed by atoms with Crippen LogP contribution in [0, 0.1) is 18.8 Å². The molecule has 4 rings (SSSR count). The Morgan fingerprint density at radius 3 is 2.72 bits per heavy atom. The molecule has 4 aromatic rings. The molecule has 0 bridgehead atoms. The zero-order chi connectivity index (χ0) is 25.5. The minimum Gasteiger partial charge on any atom is -0.455 e. The lowest BCUT2D eigenvalue weighted by Gasteiger charge is -2.19. The molecular weight excluding hydrogens is 454 g/mol. The first-order valence-corrected chi connectivity index (χ1v) is 11.4. The highest BCUT2D eigenvalue weighted by molar-refractivity contribution is 5.91. The smallest absolute Gasteiger partial charge is 0.247 e. The SMILES string of the molecule is COCC(=O)NC(C)(C)C#Cc1ccc2ncnc(Nc3ccc(Oc4cccnc4)c(C)c3)c2c1. The molecule has 36 heavy (non-hydrogen) atoms. The number of nitrogens with zero attached hydrogens (tertiary/aromatic N) is 3. The average Bonchev–Trinajstić information content (AvgIpc) is 2.85. The Hall–Kier alpha value is -4.48. The van der Waals surface area contributed by atoms with Crippen LogP contribution < -0.4 is 15.4 Å². The van der Waals surface area contributed by atoms with Crippen molar-refractivity contribution in [3.63, 3.8) is 0 Å². The number of amides is 1. The van der Waals surface area contributed by atoms with Crippen LogP contribution in [0.2, 0.25) is 0 Å². The molecule has 2 heterocycles. The molecule has 0 radical (unpaired) electrons. The Morgan fingerprint density at radius 2 is 1.97 bits per heavy atom. The first kappa shape index (κ1) is 24.6. The van der Waals surface area contributed by atoms with Crippen molar-refractivity contribution in [1.29, 1.82) is 0 Å². The Morgan fingerprint density at radius 1 is 1.11 bits per heavy atom. The monoisotopic (exact) mass is 481 g/mol. The van der Waals surface area contributed by atoms with Gasteiger partial charge in [0.25, 0.3) is 0 Å². The maximum Gasteiger partial charge on any atom is 0.247 e. The number of benzene rings is 2. The zero-order valence-corrected chi connectivity index (χ0v) is 20.6. The molecule has 0 unspecified atom stereocenters. The van der Waals surface area contributed by atoms with Gasteiger partial charge in [0, 0.05) is 29.9 Å². The molecule has 0 saturated carbocycles. The molecule has 2 N–H and O–H groups in total. The highest BCUT2D eigenvalue weighted by atomic mass is 16.5. The average molecular weight is 482 g/mol. The lowest BCUT2D eigenvalue weighted by molar-refractivity contribution is -0.125. The summed E-state index contributed by atoms with van der Waals surface area (Å²) in [6.45, 7) is 5.66. The van der Waals surface area contributed by atoms with E-state index >= 15 is 0 Å². The molecule has 2 aromatic heterocycles. The van der Waals surface area contributed by atoms with Crippen LogP contribution in [-0.4, -0.2) is 40.1 Å². The van der Waals surface area contributed by atoms with E-state index in [-0.39, 0.29) is 12.5 Å². The summed E-state index contributed by atoms with van der Waals surface area (Å²) in [6, 6.07) is 15.3. The molecule has 182 valence electrons. The van der Waals surface area contributed by atoms with Gasteiger partial charge in [0.1, 0.15) is 30.3 Å². The van der Waals surface area contributed by atoms with E-state index in [1.807, 2.05) is 69.3 Å². The third-order valence-corrected chi connectivity index (χ3v) is 5.18. The van der Waals surface area contributed by atoms with Crippen LogP contribution in [0.1, 0.15) is 25.0 Å². The summed E-state index contributed by atoms with van der Waals surface area (Å²) in [5.74, 6) is 8.13. The number of carbonyl (C=O) groups excluding carboxylic acids is 1. The predicted octanol–water partition coefficient (Wildman–Crippen LogP) is 4.76. The van der Waals surface area contributed by atoms with E-state index in [1.54, 1.807) is 12.4 Å². The van der Waals surface area contributed by atoms with Crippen LogP contribution in [0.4, 0.5) is 11.5 Å². The van der Waals surface area contributed by atoms with Crippen molar-refractivity contribution in [2.45, 2.75) is 26.3 Å². The highest BCUT2D eigenvalue weighted by Gasteiger charge is 2.17. The van der Waals surface area contributed by atoms with Gasteiger partial charge in [-0.2, -0.15) is 0 Å². The molecular formula is C28H27N5O3. The fraction of sp³-hybridized carbons (Fsp3) is 0.214. The van der Waals surface area contributed by atoms with Gasteiger partial charge in [-0.1, -0.05) is 11.8 Å². The number of rotatable bonds is 7. The molecule has 0 atom stereocenters. The quantitative estimate of drug-likeness (QED) is 0.367. The van der Waals surface area contributed by atoms with Crippen molar-refractivity contribution < 1.29 is 14.3 Å². The van der Waals surface area contributed by atoms with E-state index in [2.05, 4.69) is 37.4 Å². The second-order valence-corrected chi connectivity index (χ2v) is 8.71. The summed E-state index contributed by atoms with van der Waals surface area (Å²) in [4.78, 5) is 24.8. The number of aromatic nitrogens is 3.